The number of rotatable bonds is 13. The van der Waals surface area contributed by atoms with E-state index in [1.54, 1.807) is 50.4 Å². The van der Waals surface area contributed by atoms with Gasteiger partial charge in [0.15, 0.2) is 0 Å². The third-order valence-electron chi connectivity index (χ3n) is 6.82. The van der Waals surface area contributed by atoms with Crippen LogP contribution >= 0.6 is 0 Å². The van der Waals surface area contributed by atoms with Gasteiger partial charge in [-0.1, -0.05) is 36.4 Å². The quantitative estimate of drug-likeness (QED) is 0.326. The van der Waals surface area contributed by atoms with Gasteiger partial charge in [-0.25, -0.2) is 17.5 Å². The van der Waals surface area contributed by atoms with Crippen LogP contribution in [0.2, 0.25) is 0 Å². The summed E-state index contributed by atoms with van der Waals surface area (Å²) in [5.74, 6) is -0.233. The van der Waals surface area contributed by atoms with Crippen LogP contribution in [0, 0.1) is 5.82 Å². The fraction of sp³-hybridized carbons (Fsp3) is 0.333. The van der Waals surface area contributed by atoms with Gasteiger partial charge in [-0.05, 0) is 79.3 Å². The van der Waals surface area contributed by atoms with Crippen molar-refractivity contribution in [3.8, 4) is 5.75 Å². The second kappa shape index (κ2) is 13.1. The number of nitrogens with zero attached hydrogens (tertiary/aromatic N) is 1. The highest BCUT2D eigenvalue weighted by Gasteiger charge is 2.28. The van der Waals surface area contributed by atoms with Crippen LogP contribution in [-0.2, 0) is 39.1 Å². The number of halogens is 1. The first-order chi connectivity index (χ1) is 19.1. The molecule has 0 aliphatic heterocycles. The molecule has 4 rings (SSSR count). The number of hydrogen-bond acceptors (Lipinski definition) is 5. The van der Waals surface area contributed by atoms with Crippen LogP contribution < -0.4 is 14.8 Å². The van der Waals surface area contributed by atoms with Crippen molar-refractivity contribution in [1.29, 1.82) is 0 Å². The van der Waals surface area contributed by atoms with Crippen LogP contribution in [-0.4, -0.2) is 44.3 Å². The van der Waals surface area contributed by atoms with Crippen molar-refractivity contribution in [2.45, 2.75) is 62.7 Å². The van der Waals surface area contributed by atoms with Crippen LogP contribution in [0.3, 0.4) is 0 Å². The Bertz CT molecular complexity index is 1410. The molecular formula is C30H34FN3O5S. The van der Waals surface area contributed by atoms with E-state index in [9.17, 15) is 22.4 Å². The van der Waals surface area contributed by atoms with Gasteiger partial charge in [-0.2, -0.15) is 0 Å². The number of methoxy groups -OCH3 is 1. The number of benzene rings is 3. The topological polar surface area (TPSA) is 105 Å². The number of nitrogens with one attached hydrogen (secondary N) is 2. The number of hydrogen-bond donors (Lipinski definition) is 2. The normalized spacial score (nSPS) is 13.9. The van der Waals surface area contributed by atoms with E-state index in [1.807, 2.05) is 12.1 Å². The minimum Gasteiger partial charge on any atom is -0.497 e. The van der Waals surface area contributed by atoms with Gasteiger partial charge in [0.25, 0.3) is 0 Å². The highest BCUT2D eigenvalue weighted by Crippen LogP contribution is 2.22. The third kappa shape index (κ3) is 8.12. The van der Waals surface area contributed by atoms with Crippen molar-refractivity contribution < 1.29 is 27.1 Å². The Morgan fingerprint density at radius 1 is 0.950 bits per heavy atom. The number of sulfonamides is 1. The molecule has 0 aromatic heterocycles. The Balaban J connectivity index is 1.40. The highest BCUT2D eigenvalue weighted by atomic mass is 32.2. The second-order valence-electron chi connectivity index (χ2n) is 9.93. The van der Waals surface area contributed by atoms with E-state index in [4.69, 9.17) is 4.74 Å². The summed E-state index contributed by atoms with van der Waals surface area (Å²) in [4.78, 5) is 28.1. The van der Waals surface area contributed by atoms with Crippen LogP contribution in [0.15, 0.2) is 77.7 Å². The van der Waals surface area contributed by atoms with Crippen molar-refractivity contribution in [3.05, 3.63) is 95.3 Å². The first kappa shape index (κ1) is 29.2. The molecule has 2 amide bonds. The highest BCUT2D eigenvalue weighted by molar-refractivity contribution is 7.89. The zero-order valence-corrected chi connectivity index (χ0v) is 23.4. The molecule has 0 saturated heterocycles. The molecular weight excluding hydrogens is 533 g/mol. The number of carbonyl (C=O) groups excluding carboxylic acids is 2. The van der Waals surface area contributed by atoms with E-state index in [1.165, 1.54) is 29.2 Å². The molecule has 0 spiro atoms. The van der Waals surface area contributed by atoms with E-state index in [0.717, 1.165) is 24.0 Å². The van der Waals surface area contributed by atoms with Crippen molar-refractivity contribution >= 4 is 21.8 Å². The molecule has 1 fully saturated rings. The smallest absolute Gasteiger partial charge is 0.242 e. The lowest BCUT2D eigenvalue weighted by atomic mass is 10.1. The zero-order chi connectivity index (χ0) is 28.7. The molecule has 1 saturated carbocycles. The van der Waals surface area contributed by atoms with Crippen LogP contribution in [0.4, 0.5) is 4.39 Å². The molecule has 0 unspecified atom stereocenters. The maximum atomic E-state index is 13.5. The monoisotopic (exact) mass is 567 g/mol. The summed E-state index contributed by atoms with van der Waals surface area (Å²) in [6, 6.07) is 18.8. The fourth-order valence-electron chi connectivity index (χ4n) is 4.17. The van der Waals surface area contributed by atoms with Crippen LogP contribution in [0.25, 0.3) is 0 Å². The van der Waals surface area contributed by atoms with Crippen molar-refractivity contribution in [2.75, 3.05) is 7.11 Å². The summed E-state index contributed by atoms with van der Waals surface area (Å²) < 4.78 is 46.1. The summed E-state index contributed by atoms with van der Waals surface area (Å²) >= 11 is 0. The Morgan fingerprint density at radius 2 is 1.55 bits per heavy atom. The van der Waals surface area contributed by atoms with E-state index in [2.05, 4.69) is 10.0 Å². The van der Waals surface area contributed by atoms with Gasteiger partial charge in [0.2, 0.25) is 21.8 Å². The molecule has 10 heteroatoms. The predicted octanol–water partition coefficient (Wildman–Crippen LogP) is 3.94. The van der Waals surface area contributed by atoms with Gasteiger partial charge in [0, 0.05) is 25.6 Å². The predicted molar refractivity (Wildman–Crippen MR) is 149 cm³/mol. The van der Waals surface area contributed by atoms with Gasteiger partial charge >= 0.3 is 0 Å². The molecule has 3 aromatic rings. The summed E-state index contributed by atoms with van der Waals surface area (Å²) in [6.07, 6.45) is 2.19. The van der Waals surface area contributed by atoms with Gasteiger partial charge < -0.3 is 15.0 Å². The van der Waals surface area contributed by atoms with E-state index in [0.29, 0.717) is 17.7 Å². The Labute approximate surface area is 234 Å². The minimum atomic E-state index is -3.55. The van der Waals surface area contributed by atoms with Gasteiger partial charge in [0.05, 0.1) is 12.0 Å². The average molecular weight is 568 g/mol. The Kier molecular flexibility index (Phi) is 9.54. The minimum absolute atomic E-state index is 0.0183. The summed E-state index contributed by atoms with van der Waals surface area (Å²) in [5, 5.41) is 2.88. The molecule has 212 valence electrons. The Hall–Kier alpha value is -3.76. The number of aryl methyl sites for hydroxylation is 1. The molecule has 0 bridgehead atoms. The molecule has 0 radical (unpaired) electrons. The molecule has 8 nitrogen and oxygen atoms in total. The molecule has 2 N–H and O–H groups in total. The lowest BCUT2D eigenvalue weighted by Crippen LogP contribution is -2.47. The summed E-state index contributed by atoms with van der Waals surface area (Å²) in [7, 11) is -1.97. The maximum absolute atomic E-state index is 13.5. The van der Waals surface area contributed by atoms with Gasteiger partial charge in [-0.3, -0.25) is 9.59 Å². The zero-order valence-electron chi connectivity index (χ0n) is 22.6. The largest absolute Gasteiger partial charge is 0.497 e. The first-order valence-corrected chi connectivity index (χ1v) is 14.7. The molecule has 3 aromatic carbocycles. The lowest BCUT2D eigenvalue weighted by molar-refractivity contribution is -0.140. The van der Waals surface area contributed by atoms with E-state index < -0.39 is 16.1 Å². The standard InChI is InChI=1S/C30H34FN3O5S/c1-21(30(36)32-19-23-5-14-27(39-2)15-6-23)34(20-24-3-10-25(31)11-4-24)29(35)18-9-22-7-16-28(17-8-22)40(37,38)33-26-12-13-26/h3-8,10-11,14-17,21,26,33H,9,12-13,18-20H2,1-2H3,(H,32,36)/t21-/m1/s1. The maximum Gasteiger partial charge on any atom is 0.242 e. The molecule has 40 heavy (non-hydrogen) atoms. The third-order valence-corrected chi connectivity index (χ3v) is 8.36. The summed E-state index contributed by atoms with van der Waals surface area (Å²) in [5.41, 5.74) is 2.38. The SMILES string of the molecule is COc1ccc(CNC(=O)[C@@H](C)N(Cc2ccc(F)cc2)C(=O)CCc2ccc(S(=O)(=O)NC3CC3)cc2)cc1. The average Bonchev–Trinajstić information content (AvgIpc) is 3.77. The van der Waals surface area contributed by atoms with Gasteiger partial charge in [-0.15, -0.1) is 0 Å². The lowest BCUT2D eigenvalue weighted by Gasteiger charge is -2.29. The molecule has 1 atom stereocenters. The van der Waals surface area contributed by atoms with Crippen LogP contribution in [0.1, 0.15) is 42.9 Å². The van der Waals surface area contributed by atoms with Crippen molar-refractivity contribution in [2.24, 2.45) is 0 Å². The van der Waals surface area contributed by atoms with Gasteiger partial charge in [0.1, 0.15) is 17.6 Å². The number of ether oxygens (including phenoxy) is 1. The van der Waals surface area contributed by atoms with E-state index >= 15 is 0 Å². The molecule has 1 aliphatic rings. The van der Waals surface area contributed by atoms with Crippen molar-refractivity contribution in [1.82, 2.24) is 14.9 Å². The fourth-order valence-corrected chi connectivity index (χ4v) is 5.47. The summed E-state index contributed by atoms with van der Waals surface area (Å²) in [6.45, 7) is 2.09. The molecule has 1 aliphatic carbocycles. The van der Waals surface area contributed by atoms with Crippen LogP contribution in [0.5, 0.6) is 5.75 Å². The van der Waals surface area contributed by atoms with Crippen molar-refractivity contribution in [3.63, 3.8) is 0 Å². The first-order valence-electron chi connectivity index (χ1n) is 13.2. The Morgan fingerprint density at radius 3 is 2.15 bits per heavy atom. The van der Waals surface area contributed by atoms with E-state index in [-0.39, 0.29) is 48.1 Å². The number of carbonyl (C=O) groups is 2. The molecule has 0 heterocycles. The number of amides is 2. The second-order valence-corrected chi connectivity index (χ2v) is 11.6.